The molecule has 7 heteroatoms. The van der Waals surface area contributed by atoms with Gasteiger partial charge in [-0.1, -0.05) is 24.3 Å². The highest BCUT2D eigenvalue weighted by Crippen LogP contribution is 2.27. The van der Waals surface area contributed by atoms with Crippen molar-refractivity contribution in [3.05, 3.63) is 58.1 Å². The summed E-state index contributed by atoms with van der Waals surface area (Å²) in [6.45, 7) is 0.458. The van der Waals surface area contributed by atoms with Gasteiger partial charge in [-0.05, 0) is 39.7 Å². The van der Waals surface area contributed by atoms with Gasteiger partial charge in [0.25, 0.3) is 0 Å². The normalized spacial score (nSPS) is 11.3. The predicted octanol–water partition coefficient (Wildman–Crippen LogP) is 2.56. The predicted molar refractivity (Wildman–Crippen MR) is 86.4 cm³/mol. The van der Waals surface area contributed by atoms with Crippen LogP contribution in [0.5, 0.6) is 5.75 Å². The number of sulfonamides is 1. The van der Waals surface area contributed by atoms with Crippen LogP contribution in [0.3, 0.4) is 0 Å². The smallest absolute Gasteiger partial charge is 0.213 e. The summed E-state index contributed by atoms with van der Waals surface area (Å²) in [5.41, 5.74) is 2.22. The fourth-order valence-corrected chi connectivity index (χ4v) is 2.92. The van der Waals surface area contributed by atoms with Gasteiger partial charge in [0.2, 0.25) is 10.0 Å². The molecular formula is C14H15BrN2O3S. The van der Waals surface area contributed by atoms with E-state index in [1.807, 2.05) is 12.1 Å². The number of aromatic hydroxyl groups is 1. The number of nitrogens with two attached hydrogens (primary N) is 1. The molecule has 0 aliphatic rings. The summed E-state index contributed by atoms with van der Waals surface area (Å²) in [6.07, 6.45) is 0. The number of nitrogens with one attached hydrogen (secondary N) is 1. The van der Waals surface area contributed by atoms with E-state index in [2.05, 4.69) is 21.2 Å². The van der Waals surface area contributed by atoms with Gasteiger partial charge in [0.05, 0.1) is 10.2 Å². The van der Waals surface area contributed by atoms with Crippen LogP contribution in [0.4, 0.5) is 5.69 Å². The molecular weight excluding hydrogens is 356 g/mol. The maximum Gasteiger partial charge on any atom is 0.213 e. The first-order chi connectivity index (χ1) is 9.85. The molecule has 0 aliphatic carbocycles. The molecule has 0 aliphatic heterocycles. The van der Waals surface area contributed by atoms with Crippen LogP contribution in [0.1, 0.15) is 11.1 Å². The number of benzene rings is 2. The fraction of sp³-hybridized carbons (Fsp3) is 0.143. The average molecular weight is 371 g/mol. The molecule has 0 unspecified atom stereocenters. The van der Waals surface area contributed by atoms with E-state index in [0.717, 1.165) is 11.3 Å². The number of primary sulfonamides is 1. The van der Waals surface area contributed by atoms with Crippen molar-refractivity contribution >= 4 is 31.6 Å². The van der Waals surface area contributed by atoms with Gasteiger partial charge in [-0.15, -0.1) is 0 Å². The van der Waals surface area contributed by atoms with E-state index >= 15 is 0 Å². The summed E-state index contributed by atoms with van der Waals surface area (Å²) < 4.78 is 22.6. The van der Waals surface area contributed by atoms with Crippen LogP contribution < -0.4 is 10.5 Å². The molecule has 2 aromatic rings. The summed E-state index contributed by atoms with van der Waals surface area (Å²) in [4.78, 5) is 0. The Balaban J connectivity index is 2.02. The summed E-state index contributed by atoms with van der Waals surface area (Å²) in [5, 5.41) is 18.0. The van der Waals surface area contributed by atoms with Crippen LogP contribution in [-0.2, 0) is 22.3 Å². The third kappa shape index (κ3) is 4.73. The Morgan fingerprint density at radius 3 is 2.43 bits per heavy atom. The minimum Gasteiger partial charge on any atom is -0.506 e. The molecule has 0 fully saturated rings. The topological polar surface area (TPSA) is 92.4 Å². The molecule has 0 saturated carbocycles. The van der Waals surface area contributed by atoms with Gasteiger partial charge < -0.3 is 10.4 Å². The quantitative estimate of drug-likeness (QED) is 0.753. The van der Waals surface area contributed by atoms with Gasteiger partial charge in [0, 0.05) is 17.8 Å². The van der Waals surface area contributed by atoms with E-state index in [-0.39, 0.29) is 11.5 Å². The van der Waals surface area contributed by atoms with E-state index in [1.165, 1.54) is 0 Å². The lowest BCUT2D eigenvalue weighted by atomic mass is 10.2. The van der Waals surface area contributed by atoms with Crippen LogP contribution in [-0.4, -0.2) is 13.5 Å². The number of para-hydroxylation sites is 1. The van der Waals surface area contributed by atoms with Crippen molar-refractivity contribution in [2.45, 2.75) is 12.3 Å². The number of phenolic OH excluding ortho intramolecular Hbond substituents is 1. The number of halogens is 1. The SMILES string of the molecule is NS(=O)(=O)Cc1ccc(NCc2cccc(Br)c2O)cc1. The molecule has 0 radical (unpaired) electrons. The minimum absolute atomic E-state index is 0.181. The summed E-state index contributed by atoms with van der Waals surface area (Å²) in [7, 11) is -3.51. The summed E-state index contributed by atoms with van der Waals surface area (Å²) >= 11 is 3.26. The van der Waals surface area contributed by atoms with Gasteiger partial charge in [0.1, 0.15) is 5.75 Å². The molecule has 0 saturated heterocycles. The minimum atomic E-state index is -3.51. The van der Waals surface area contributed by atoms with Crippen molar-refractivity contribution in [1.29, 1.82) is 0 Å². The maximum absolute atomic E-state index is 11.0. The zero-order valence-electron chi connectivity index (χ0n) is 11.1. The Morgan fingerprint density at radius 2 is 1.81 bits per heavy atom. The molecule has 0 aromatic heterocycles. The van der Waals surface area contributed by atoms with Crippen LogP contribution in [0, 0.1) is 0 Å². The average Bonchev–Trinajstić information content (AvgIpc) is 2.40. The maximum atomic E-state index is 11.0. The van der Waals surface area contributed by atoms with Gasteiger partial charge in [-0.3, -0.25) is 0 Å². The molecule has 0 spiro atoms. The summed E-state index contributed by atoms with van der Waals surface area (Å²) in [5.74, 6) is 0.0236. The number of hydrogen-bond donors (Lipinski definition) is 3. The standard InChI is InChI=1S/C14H15BrN2O3S/c15-13-3-1-2-11(14(13)18)8-17-12-6-4-10(5-7-12)9-21(16,19)20/h1-7,17-18H,8-9H2,(H2,16,19,20). The lowest BCUT2D eigenvalue weighted by Crippen LogP contribution is -2.14. The zero-order chi connectivity index (χ0) is 15.5. The Bertz CT molecular complexity index is 730. The van der Waals surface area contributed by atoms with E-state index in [9.17, 15) is 13.5 Å². The first-order valence-corrected chi connectivity index (χ1v) is 8.65. The highest BCUT2D eigenvalue weighted by molar-refractivity contribution is 9.10. The van der Waals surface area contributed by atoms with Crippen molar-refractivity contribution in [3.8, 4) is 5.75 Å². The van der Waals surface area contributed by atoms with Gasteiger partial charge in [-0.25, -0.2) is 13.6 Å². The monoisotopic (exact) mass is 370 g/mol. The highest BCUT2D eigenvalue weighted by Gasteiger charge is 2.06. The lowest BCUT2D eigenvalue weighted by Gasteiger charge is -2.09. The molecule has 112 valence electrons. The Labute approximate surface area is 132 Å². The Kier molecular flexibility index (Phi) is 4.87. The highest BCUT2D eigenvalue weighted by atomic mass is 79.9. The second kappa shape index (κ2) is 6.46. The van der Waals surface area contributed by atoms with Gasteiger partial charge >= 0.3 is 0 Å². The summed E-state index contributed by atoms with van der Waals surface area (Å²) in [6, 6.07) is 12.4. The molecule has 5 nitrogen and oxygen atoms in total. The molecule has 0 heterocycles. The molecule has 0 amide bonds. The fourth-order valence-electron chi connectivity index (χ4n) is 1.85. The zero-order valence-corrected chi connectivity index (χ0v) is 13.5. The number of anilines is 1. The van der Waals surface area contributed by atoms with Crippen molar-refractivity contribution in [1.82, 2.24) is 0 Å². The number of rotatable bonds is 5. The number of hydrogen-bond acceptors (Lipinski definition) is 4. The van der Waals surface area contributed by atoms with Gasteiger partial charge in [0.15, 0.2) is 0 Å². The molecule has 4 N–H and O–H groups in total. The Morgan fingerprint density at radius 1 is 1.14 bits per heavy atom. The van der Waals surface area contributed by atoms with E-state index in [1.54, 1.807) is 30.3 Å². The third-order valence-electron chi connectivity index (χ3n) is 2.88. The first kappa shape index (κ1) is 15.8. The number of phenols is 1. The second-order valence-electron chi connectivity index (χ2n) is 4.61. The molecule has 21 heavy (non-hydrogen) atoms. The van der Waals surface area contributed by atoms with Gasteiger partial charge in [-0.2, -0.15) is 0 Å². The van der Waals surface area contributed by atoms with Crippen LogP contribution in [0.25, 0.3) is 0 Å². The second-order valence-corrected chi connectivity index (χ2v) is 7.07. The van der Waals surface area contributed by atoms with Crippen molar-refractivity contribution in [2.24, 2.45) is 5.14 Å². The van der Waals surface area contributed by atoms with Crippen molar-refractivity contribution < 1.29 is 13.5 Å². The van der Waals surface area contributed by atoms with Crippen molar-refractivity contribution in [2.75, 3.05) is 5.32 Å². The van der Waals surface area contributed by atoms with Crippen LogP contribution >= 0.6 is 15.9 Å². The van der Waals surface area contributed by atoms with E-state index in [0.29, 0.717) is 16.6 Å². The third-order valence-corrected chi connectivity index (χ3v) is 4.25. The first-order valence-electron chi connectivity index (χ1n) is 6.15. The lowest BCUT2D eigenvalue weighted by molar-refractivity contribution is 0.465. The molecule has 0 atom stereocenters. The molecule has 0 bridgehead atoms. The molecule has 2 rings (SSSR count). The Hall–Kier alpha value is -1.57. The molecule has 2 aromatic carbocycles. The van der Waals surface area contributed by atoms with E-state index < -0.39 is 10.0 Å². The van der Waals surface area contributed by atoms with Crippen LogP contribution in [0.2, 0.25) is 0 Å². The van der Waals surface area contributed by atoms with E-state index in [4.69, 9.17) is 5.14 Å². The largest absolute Gasteiger partial charge is 0.506 e. The van der Waals surface area contributed by atoms with Crippen molar-refractivity contribution in [3.63, 3.8) is 0 Å². The van der Waals surface area contributed by atoms with Crippen LogP contribution in [0.15, 0.2) is 46.9 Å².